The molecule has 10 aromatic carbocycles. The summed E-state index contributed by atoms with van der Waals surface area (Å²) >= 11 is 1.86. The molecule has 0 radical (unpaired) electrons. The molecule has 286 valence electrons. The predicted molar refractivity (Wildman–Crippen MR) is 262 cm³/mol. The number of para-hydroxylation sites is 5. The highest BCUT2D eigenvalue weighted by Gasteiger charge is 2.23. The molecule has 2 aromatic heterocycles. The Morgan fingerprint density at radius 2 is 0.885 bits per heavy atom. The van der Waals surface area contributed by atoms with Crippen LogP contribution in [0.1, 0.15) is 0 Å². The molecule has 2 nitrogen and oxygen atoms in total. The highest BCUT2D eigenvalue weighted by atomic mass is 32.1. The zero-order valence-corrected chi connectivity index (χ0v) is 34.1. The summed E-state index contributed by atoms with van der Waals surface area (Å²) in [6, 6.07) is 84.3. The van der Waals surface area contributed by atoms with Gasteiger partial charge in [0.1, 0.15) is 0 Å². The third-order valence-corrected chi connectivity index (χ3v) is 13.4. The molecule has 0 aliphatic rings. The Balaban J connectivity index is 1.05. The molecule has 0 spiro atoms. The lowest BCUT2D eigenvalue weighted by Gasteiger charge is -2.30. The Hall–Kier alpha value is -7.72. The average Bonchev–Trinajstić information content (AvgIpc) is 3.88. The minimum Gasteiger partial charge on any atom is -0.308 e. The van der Waals surface area contributed by atoms with E-state index in [1.54, 1.807) is 0 Å². The van der Waals surface area contributed by atoms with Crippen molar-refractivity contribution in [3.8, 4) is 39.1 Å². The van der Waals surface area contributed by atoms with Gasteiger partial charge in [0, 0.05) is 42.2 Å². The van der Waals surface area contributed by atoms with Crippen LogP contribution in [0.2, 0.25) is 0 Å². The standard InChI is InChI=1S/C58H38N2S/c1-2-19-45-40(15-1)16-14-24-46(45)42-18-13-17-41(37-42)39-31-34-44(35-32-39)59(52-25-7-3-20-47(52)43-33-36-58-51(38-43)50-23-6-12-30-57(50)61-58)55-28-10-11-29-56(55)60-53-26-8-4-21-48(53)49-22-5-9-27-54(49)60/h1-38H. The maximum Gasteiger partial charge on any atom is 0.0702 e. The lowest BCUT2D eigenvalue weighted by Crippen LogP contribution is -2.14. The highest BCUT2D eigenvalue weighted by Crippen LogP contribution is 2.46. The number of benzene rings is 10. The second-order valence-electron chi connectivity index (χ2n) is 15.7. The third kappa shape index (κ3) is 5.93. The first-order chi connectivity index (χ1) is 30.3. The minimum atomic E-state index is 1.08. The van der Waals surface area contributed by atoms with Crippen molar-refractivity contribution in [3.63, 3.8) is 0 Å². The van der Waals surface area contributed by atoms with Gasteiger partial charge in [0.05, 0.1) is 28.1 Å². The Morgan fingerprint density at radius 1 is 0.328 bits per heavy atom. The number of thiophene rings is 1. The van der Waals surface area contributed by atoms with Crippen molar-refractivity contribution in [3.05, 3.63) is 231 Å². The molecule has 0 saturated carbocycles. The smallest absolute Gasteiger partial charge is 0.0702 e. The molecule has 0 saturated heterocycles. The summed E-state index contributed by atoms with van der Waals surface area (Å²) in [4.78, 5) is 2.46. The molecule has 0 unspecified atom stereocenters. The molecule has 61 heavy (non-hydrogen) atoms. The molecule has 12 aromatic rings. The number of nitrogens with zero attached hydrogens (tertiary/aromatic N) is 2. The molecule has 0 aliphatic carbocycles. The topological polar surface area (TPSA) is 8.17 Å². The SMILES string of the molecule is c1cc(-c2ccc(N(c3ccccc3-c3ccc4sc5ccccc5c4c3)c3ccccc3-n3c4ccccc4c4ccccc43)cc2)cc(-c2cccc3ccccc23)c1. The summed E-state index contributed by atoms with van der Waals surface area (Å²) in [6.45, 7) is 0. The lowest BCUT2D eigenvalue weighted by atomic mass is 9.95. The van der Waals surface area contributed by atoms with Crippen molar-refractivity contribution < 1.29 is 0 Å². The fourth-order valence-corrected chi connectivity index (χ4v) is 10.5. The van der Waals surface area contributed by atoms with Gasteiger partial charge in [-0.3, -0.25) is 0 Å². The van der Waals surface area contributed by atoms with Gasteiger partial charge in [0.25, 0.3) is 0 Å². The summed E-state index contributed by atoms with van der Waals surface area (Å²) in [7, 11) is 0. The first-order valence-corrected chi connectivity index (χ1v) is 21.7. The summed E-state index contributed by atoms with van der Waals surface area (Å²) in [5.41, 5.74) is 13.9. The molecule has 12 rings (SSSR count). The first kappa shape index (κ1) is 35.2. The fraction of sp³-hybridized carbons (Fsp3) is 0. The van der Waals surface area contributed by atoms with Gasteiger partial charge in [-0.1, -0.05) is 164 Å². The molecule has 0 aliphatic heterocycles. The number of aromatic nitrogens is 1. The van der Waals surface area contributed by atoms with E-state index in [0.29, 0.717) is 0 Å². The zero-order chi connectivity index (χ0) is 40.3. The first-order valence-electron chi connectivity index (χ1n) is 20.8. The van der Waals surface area contributed by atoms with E-state index in [1.165, 1.54) is 86.1 Å². The van der Waals surface area contributed by atoms with Crippen LogP contribution in [0.25, 0.3) is 91.8 Å². The van der Waals surface area contributed by atoms with Gasteiger partial charge in [-0.2, -0.15) is 0 Å². The number of hydrogen-bond acceptors (Lipinski definition) is 2. The molecule has 0 N–H and O–H groups in total. The van der Waals surface area contributed by atoms with Gasteiger partial charge in [0.2, 0.25) is 0 Å². The second kappa shape index (κ2) is 14.5. The quantitative estimate of drug-likeness (QED) is 0.156. The summed E-state index contributed by atoms with van der Waals surface area (Å²) in [6.07, 6.45) is 0. The Labute approximate surface area is 358 Å². The third-order valence-electron chi connectivity index (χ3n) is 12.2. The van der Waals surface area contributed by atoms with Gasteiger partial charge >= 0.3 is 0 Å². The normalized spacial score (nSPS) is 11.6. The van der Waals surface area contributed by atoms with Crippen LogP contribution in [-0.2, 0) is 0 Å². The van der Waals surface area contributed by atoms with E-state index in [4.69, 9.17) is 0 Å². The van der Waals surface area contributed by atoms with Gasteiger partial charge in [-0.15, -0.1) is 11.3 Å². The van der Waals surface area contributed by atoms with Crippen LogP contribution in [0.15, 0.2) is 231 Å². The minimum absolute atomic E-state index is 1.08. The predicted octanol–water partition coefficient (Wildman–Crippen LogP) is 16.8. The van der Waals surface area contributed by atoms with Crippen LogP contribution in [0.3, 0.4) is 0 Å². The molecule has 0 fully saturated rings. The van der Waals surface area contributed by atoms with Crippen molar-refractivity contribution in [2.24, 2.45) is 0 Å². The molecular formula is C58H38N2S. The fourth-order valence-electron chi connectivity index (χ4n) is 9.39. The van der Waals surface area contributed by atoms with Gasteiger partial charge in [-0.05, 0) is 105 Å². The van der Waals surface area contributed by atoms with Crippen LogP contribution < -0.4 is 4.90 Å². The summed E-state index contributed by atoms with van der Waals surface area (Å²) < 4.78 is 5.05. The highest BCUT2D eigenvalue weighted by molar-refractivity contribution is 7.25. The Morgan fingerprint density at radius 3 is 1.70 bits per heavy atom. The molecule has 2 heterocycles. The van der Waals surface area contributed by atoms with Gasteiger partial charge < -0.3 is 9.47 Å². The maximum absolute atomic E-state index is 2.46. The van der Waals surface area contributed by atoms with Crippen molar-refractivity contribution in [1.82, 2.24) is 4.57 Å². The molecule has 0 bridgehead atoms. The van der Waals surface area contributed by atoms with E-state index >= 15 is 0 Å². The van der Waals surface area contributed by atoms with E-state index in [1.807, 2.05) is 11.3 Å². The van der Waals surface area contributed by atoms with Crippen LogP contribution >= 0.6 is 11.3 Å². The Bertz CT molecular complexity index is 3550. The molecular weight excluding hydrogens is 757 g/mol. The number of fused-ring (bicyclic) bond motifs is 7. The van der Waals surface area contributed by atoms with Crippen molar-refractivity contribution in [2.45, 2.75) is 0 Å². The van der Waals surface area contributed by atoms with Crippen LogP contribution in [0, 0.1) is 0 Å². The van der Waals surface area contributed by atoms with E-state index in [2.05, 4.69) is 240 Å². The van der Waals surface area contributed by atoms with Crippen LogP contribution in [0.4, 0.5) is 17.1 Å². The molecule has 0 amide bonds. The Kier molecular flexibility index (Phi) is 8.39. The lowest BCUT2D eigenvalue weighted by molar-refractivity contribution is 1.15. The van der Waals surface area contributed by atoms with Crippen molar-refractivity contribution >= 4 is 81.1 Å². The van der Waals surface area contributed by atoms with E-state index in [-0.39, 0.29) is 0 Å². The summed E-state index contributed by atoms with van der Waals surface area (Å²) in [5.74, 6) is 0. The number of rotatable bonds is 7. The van der Waals surface area contributed by atoms with E-state index in [9.17, 15) is 0 Å². The van der Waals surface area contributed by atoms with Crippen molar-refractivity contribution in [2.75, 3.05) is 4.90 Å². The van der Waals surface area contributed by atoms with Gasteiger partial charge in [0.15, 0.2) is 0 Å². The monoisotopic (exact) mass is 794 g/mol. The largest absolute Gasteiger partial charge is 0.308 e. The molecule has 0 atom stereocenters. The van der Waals surface area contributed by atoms with E-state index in [0.717, 1.165) is 22.7 Å². The van der Waals surface area contributed by atoms with Crippen molar-refractivity contribution in [1.29, 1.82) is 0 Å². The van der Waals surface area contributed by atoms with E-state index < -0.39 is 0 Å². The average molecular weight is 795 g/mol. The number of anilines is 3. The van der Waals surface area contributed by atoms with Crippen LogP contribution in [-0.4, -0.2) is 4.57 Å². The zero-order valence-electron chi connectivity index (χ0n) is 33.2. The molecule has 3 heteroatoms. The summed E-state index contributed by atoms with van der Waals surface area (Å²) in [5, 5.41) is 7.59. The second-order valence-corrected chi connectivity index (χ2v) is 16.8. The van der Waals surface area contributed by atoms with Gasteiger partial charge in [-0.25, -0.2) is 0 Å². The maximum atomic E-state index is 2.46. The van der Waals surface area contributed by atoms with Crippen LogP contribution in [0.5, 0.6) is 0 Å². The number of hydrogen-bond donors (Lipinski definition) is 0.